The van der Waals surface area contributed by atoms with Gasteiger partial charge in [0, 0.05) is 35.9 Å². The van der Waals surface area contributed by atoms with Crippen LogP contribution in [0.5, 0.6) is 0 Å². The lowest BCUT2D eigenvalue weighted by Gasteiger charge is -2.26. The molecule has 1 aromatic heterocycles. The van der Waals surface area contributed by atoms with Crippen molar-refractivity contribution in [3.63, 3.8) is 0 Å². The largest absolute Gasteiger partial charge is 0.341 e. The average molecular weight is 225 g/mol. The maximum absolute atomic E-state index is 11.6. The Kier molecular flexibility index (Phi) is 3.00. The van der Waals surface area contributed by atoms with E-state index in [1.165, 1.54) is 0 Å². The van der Waals surface area contributed by atoms with Gasteiger partial charge in [-0.3, -0.25) is 9.78 Å². The van der Waals surface area contributed by atoms with Crippen molar-refractivity contribution in [1.29, 1.82) is 0 Å². The molecular formula is C10H15N3OS. The van der Waals surface area contributed by atoms with Crippen LogP contribution in [0, 0.1) is 13.8 Å². The van der Waals surface area contributed by atoms with Crippen LogP contribution in [-0.4, -0.2) is 34.6 Å². The van der Waals surface area contributed by atoms with Gasteiger partial charge in [-0.05, 0) is 13.8 Å². The highest BCUT2D eigenvalue weighted by molar-refractivity contribution is 7.99. The number of nitrogens with one attached hydrogen (secondary N) is 1. The number of rotatable bonds is 1. The van der Waals surface area contributed by atoms with E-state index >= 15 is 0 Å². The second-order valence-electron chi connectivity index (χ2n) is 3.70. The van der Waals surface area contributed by atoms with Crippen LogP contribution in [0.3, 0.4) is 0 Å². The molecule has 5 heteroatoms. The molecule has 0 unspecified atom stereocenters. The number of hydrogen-bond acceptors (Lipinski definition) is 4. The van der Waals surface area contributed by atoms with Gasteiger partial charge >= 0.3 is 0 Å². The SMILES string of the molecule is Cc1nc(N2CCSCC2)[nH]c(=O)c1C. The highest BCUT2D eigenvalue weighted by Crippen LogP contribution is 2.14. The van der Waals surface area contributed by atoms with Crippen LogP contribution >= 0.6 is 11.8 Å². The predicted octanol–water partition coefficient (Wildman–Crippen LogP) is 0.940. The van der Waals surface area contributed by atoms with E-state index in [4.69, 9.17) is 0 Å². The number of aryl methyl sites for hydroxylation is 1. The second-order valence-corrected chi connectivity index (χ2v) is 4.92. The number of hydrogen-bond donors (Lipinski definition) is 1. The van der Waals surface area contributed by atoms with Crippen molar-refractivity contribution in [3.05, 3.63) is 21.6 Å². The monoisotopic (exact) mass is 225 g/mol. The molecule has 1 fully saturated rings. The van der Waals surface area contributed by atoms with Crippen molar-refractivity contribution < 1.29 is 0 Å². The molecule has 0 spiro atoms. The summed E-state index contributed by atoms with van der Waals surface area (Å²) >= 11 is 1.94. The van der Waals surface area contributed by atoms with Gasteiger partial charge in [-0.1, -0.05) is 0 Å². The Morgan fingerprint density at radius 1 is 1.33 bits per heavy atom. The maximum Gasteiger partial charge on any atom is 0.255 e. The summed E-state index contributed by atoms with van der Waals surface area (Å²) in [5, 5.41) is 0. The van der Waals surface area contributed by atoms with E-state index in [9.17, 15) is 4.79 Å². The van der Waals surface area contributed by atoms with Crippen LogP contribution in [0.4, 0.5) is 5.95 Å². The van der Waals surface area contributed by atoms with Gasteiger partial charge in [0.25, 0.3) is 5.56 Å². The van der Waals surface area contributed by atoms with Crippen molar-refractivity contribution in [2.45, 2.75) is 13.8 Å². The first-order valence-corrected chi connectivity index (χ1v) is 6.24. The molecule has 4 nitrogen and oxygen atoms in total. The minimum atomic E-state index is -0.0178. The summed E-state index contributed by atoms with van der Waals surface area (Å²) < 4.78 is 0. The molecule has 1 aliphatic heterocycles. The average Bonchev–Trinajstić information content (AvgIpc) is 2.26. The molecule has 2 rings (SSSR count). The molecule has 1 aliphatic rings. The first kappa shape index (κ1) is 10.5. The molecule has 15 heavy (non-hydrogen) atoms. The van der Waals surface area contributed by atoms with Gasteiger partial charge in [-0.15, -0.1) is 0 Å². The van der Waals surface area contributed by atoms with E-state index in [0.29, 0.717) is 5.56 Å². The molecule has 0 atom stereocenters. The van der Waals surface area contributed by atoms with Gasteiger partial charge in [0.15, 0.2) is 0 Å². The number of thioether (sulfide) groups is 1. The van der Waals surface area contributed by atoms with Crippen molar-refractivity contribution in [2.75, 3.05) is 29.5 Å². The van der Waals surface area contributed by atoms with Gasteiger partial charge in [-0.2, -0.15) is 11.8 Å². The Balaban J connectivity index is 2.32. The van der Waals surface area contributed by atoms with E-state index < -0.39 is 0 Å². The van der Waals surface area contributed by atoms with E-state index in [1.54, 1.807) is 6.92 Å². The van der Waals surface area contributed by atoms with Crippen LogP contribution < -0.4 is 10.5 Å². The molecule has 1 aromatic rings. The van der Waals surface area contributed by atoms with Crippen LogP contribution in [0.15, 0.2) is 4.79 Å². The van der Waals surface area contributed by atoms with Crippen LogP contribution in [0.1, 0.15) is 11.3 Å². The predicted molar refractivity (Wildman–Crippen MR) is 63.9 cm³/mol. The molecule has 0 amide bonds. The second kappa shape index (κ2) is 4.26. The molecule has 2 heterocycles. The Labute approximate surface area is 93.1 Å². The van der Waals surface area contributed by atoms with E-state index in [2.05, 4.69) is 14.9 Å². The normalized spacial score (nSPS) is 16.8. The molecule has 1 saturated heterocycles. The fourth-order valence-electron chi connectivity index (χ4n) is 1.56. The lowest BCUT2D eigenvalue weighted by molar-refractivity contribution is 0.802. The fraction of sp³-hybridized carbons (Fsp3) is 0.600. The Hall–Kier alpha value is -0.970. The zero-order valence-corrected chi connectivity index (χ0v) is 9.86. The lowest BCUT2D eigenvalue weighted by atomic mass is 10.3. The standard InChI is InChI=1S/C10H15N3OS/c1-7-8(2)11-10(12-9(7)14)13-3-5-15-6-4-13/h3-6H2,1-2H3,(H,11,12,14). The number of aromatic nitrogens is 2. The van der Waals surface area contributed by atoms with Gasteiger partial charge < -0.3 is 4.90 Å². The molecule has 0 saturated carbocycles. The van der Waals surface area contributed by atoms with Crippen molar-refractivity contribution in [3.8, 4) is 0 Å². The van der Waals surface area contributed by atoms with E-state index in [1.807, 2.05) is 18.7 Å². The van der Waals surface area contributed by atoms with Crippen LogP contribution in [0.25, 0.3) is 0 Å². The third kappa shape index (κ3) is 2.17. The van der Waals surface area contributed by atoms with E-state index in [0.717, 1.165) is 36.2 Å². The summed E-state index contributed by atoms with van der Waals surface area (Å²) in [6, 6.07) is 0. The molecule has 1 N–H and O–H groups in total. The summed E-state index contributed by atoms with van der Waals surface area (Å²) in [5.41, 5.74) is 1.52. The Bertz CT molecular complexity index is 410. The van der Waals surface area contributed by atoms with Crippen LogP contribution in [-0.2, 0) is 0 Å². The summed E-state index contributed by atoms with van der Waals surface area (Å²) in [6.07, 6.45) is 0. The first-order valence-electron chi connectivity index (χ1n) is 5.08. The number of nitrogens with zero attached hydrogens (tertiary/aromatic N) is 2. The van der Waals surface area contributed by atoms with E-state index in [-0.39, 0.29) is 5.56 Å². The number of aromatic amines is 1. The summed E-state index contributed by atoms with van der Waals surface area (Å²) in [5.74, 6) is 2.94. The molecule has 0 aliphatic carbocycles. The highest BCUT2D eigenvalue weighted by Gasteiger charge is 2.14. The summed E-state index contributed by atoms with van der Waals surface area (Å²) in [4.78, 5) is 21.0. The van der Waals surface area contributed by atoms with Crippen molar-refractivity contribution in [2.24, 2.45) is 0 Å². The molecular weight excluding hydrogens is 210 g/mol. The van der Waals surface area contributed by atoms with Gasteiger partial charge in [0.05, 0.1) is 0 Å². The van der Waals surface area contributed by atoms with Gasteiger partial charge in [-0.25, -0.2) is 4.98 Å². The smallest absolute Gasteiger partial charge is 0.255 e. The minimum absolute atomic E-state index is 0.0178. The third-order valence-electron chi connectivity index (χ3n) is 2.69. The first-order chi connectivity index (χ1) is 7.18. The number of H-pyrrole nitrogens is 1. The lowest BCUT2D eigenvalue weighted by Crippen LogP contribution is -2.35. The molecule has 0 radical (unpaired) electrons. The van der Waals surface area contributed by atoms with Crippen LogP contribution in [0.2, 0.25) is 0 Å². The maximum atomic E-state index is 11.6. The zero-order valence-electron chi connectivity index (χ0n) is 9.04. The Morgan fingerprint density at radius 3 is 2.60 bits per heavy atom. The minimum Gasteiger partial charge on any atom is -0.341 e. The highest BCUT2D eigenvalue weighted by atomic mass is 32.2. The summed E-state index contributed by atoms with van der Waals surface area (Å²) in [7, 11) is 0. The summed E-state index contributed by atoms with van der Waals surface area (Å²) in [6.45, 7) is 5.62. The topological polar surface area (TPSA) is 49.0 Å². The molecule has 82 valence electrons. The Morgan fingerprint density at radius 2 is 2.00 bits per heavy atom. The molecule has 0 bridgehead atoms. The quantitative estimate of drug-likeness (QED) is 0.773. The van der Waals surface area contributed by atoms with Crippen molar-refractivity contribution in [1.82, 2.24) is 9.97 Å². The third-order valence-corrected chi connectivity index (χ3v) is 3.64. The zero-order chi connectivity index (χ0) is 10.8. The number of anilines is 1. The fourth-order valence-corrected chi connectivity index (χ4v) is 2.46. The van der Waals surface area contributed by atoms with Gasteiger partial charge in [0.1, 0.15) is 0 Å². The van der Waals surface area contributed by atoms with Gasteiger partial charge in [0.2, 0.25) is 5.95 Å². The molecule has 0 aromatic carbocycles. The van der Waals surface area contributed by atoms with Crippen molar-refractivity contribution >= 4 is 17.7 Å².